The van der Waals surface area contributed by atoms with Crippen LogP contribution >= 0.6 is 0 Å². The first-order valence-corrected chi connectivity index (χ1v) is 16.1. The SMILES string of the molecule is CC(C)[C@H](NC(=O)[C@H](CC(=O)O)NC(=O)C1(NC(=O)[C@@H](C)NC(=O)[C@@H](N)Cc2ccc(O)cc2)CC1)C(=O)N[C@H](C(=O)NCC(N)=O)C(C)C. The number of amides is 7. The van der Waals surface area contributed by atoms with Gasteiger partial charge in [-0.25, -0.2) is 0 Å². The first-order valence-electron chi connectivity index (χ1n) is 16.1. The van der Waals surface area contributed by atoms with Crippen molar-refractivity contribution in [3.05, 3.63) is 29.8 Å². The number of rotatable bonds is 19. The summed E-state index contributed by atoms with van der Waals surface area (Å²) in [6, 6.07) is -0.0612. The molecule has 12 N–H and O–H groups in total. The van der Waals surface area contributed by atoms with Crippen LogP contribution in [0.5, 0.6) is 5.75 Å². The van der Waals surface area contributed by atoms with Crippen molar-refractivity contribution in [2.45, 2.75) is 96.1 Å². The predicted molar refractivity (Wildman–Crippen MR) is 177 cm³/mol. The van der Waals surface area contributed by atoms with E-state index in [-0.39, 0.29) is 25.0 Å². The van der Waals surface area contributed by atoms with Crippen LogP contribution in [0.25, 0.3) is 0 Å². The number of carboxylic acids is 1. The molecule has 0 heterocycles. The zero-order valence-electron chi connectivity index (χ0n) is 28.7. The number of phenolic OH excluding ortho intramolecular Hbond substituents is 1. The van der Waals surface area contributed by atoms with Crippen molar-refractivity contribution in [3.63, 3.8) is 0 Å². The van der Waals surface area contributed by atoms with Crippen molar-refractivity contribution in [2.24, 2.45) is 23.3 Å². The molecule has 0 spiro atoms. The summed E-state index contributed by atoms with van der Waals surface area (Å²) in [5, 5.41) is 33.6. The van der Waals surface area contributed by atoms with E-state index in [0.717, 1.165) is 0 Å². The highest BCUT2D eigenvalue weighted by Crippen LogP contribution is 2.36. The van der Waals surface area contributed by atoms with E-state index in [0.29, 0.717) is 5.56 Å². The average Bonchev–Trinajstić information content (AvgIpc) is 3.81. The van der Waals surface area contributed by atoms with Crippen LogP contribution in [-0.4, -0.2) is 99.8 Å². The van der Waals surface area contributed by atoms with E-state index in [1.165, 1.54) is 19.1 Å². The van der Waals surface area contributed by atoms with Gasteiger partial charge in [-0.05, 0) is 55.7 Å². The Morgan fingerprint density at radius 2 is 1.30 bits per heavy atom. The zero-order valence-corrected chi connectivity index (χ0v) is 28.7. The van der Waals surface area contributed by atoms with E-state index in [1.807, 2.05) is 0 Å². The van der Waals surface area contributed by atoms with Gasteiger partial charge in [-0.1, -0.05) is 39.8 Å². The topological polar surface area (TPSA) is 301 Å². The fourth-order valence-corrected chi connectivity index (χ4v) is 4.77. The number of nitrogens with two attached hydrogens (primary N) is 2. The smallest absolute Gasteiger partial charge is 0.305 e. The number of nitrogens with one attached hydrogen (secondary N) is 6. The predicted octanol–water partition coefficient (Wildman–Crippen LogP) is -2.74. The molecule has 1 fully saturated rings. The highest BCUT2D eigenvalue weighted by Gasteiger charge is 2.52. The minimum atomic E-state index is -1.65. The summed E-state index contributed by atoms with van der Waals surface area (Å²) >= 11 is 0. The van der Waals surface area contributed by atoms with Crippen molar-refractivity contribution in [1.82, 2.24) is 31.9 Å². The number of carbonyl (C=O) groups excluding carboxylic acids is 7. The molecule has 0 radical (unpaired) electrons. The molecule has 1 aliphatic rings. The fraction of sp³-hybridized carbons (Fsp3) is 0.562. The van der Waals surface area contributed by atoms with Crippen molar-refractivity contribution in [2.75, 3.05) is 6.54 Å². The molecule has 276 valence electrons. The average molecular weight is 705 g/mol. The third-order valence-corrected chi connectivity index (χ3v) is 7.96. The molecule has 0 unspecified atom stereocenters. The van der Waals surface area contributed by atoms with E-state index >= 15 is 0 Å². The highest BCUT2D eigenvalue weighted by atomic mass is 16.4. The molecular formula is C32H48N8O10. The third-order valence-electron chi connectivity index (χ3n) is 7.96. The van der Waals surface area contributed by atoms with Gasteiger partial charge < -0.3 is 53.6 Å². The Balaban J connectivity index is 2.06. The Morgan fingerprint density at radius 3 is 1.80 bits per heavy atom. The number of hydrogen-bond donors (Lipinski definition) is 10. The Labute approximate surface area is 289 Å². The van der Waals surface area contributed by atoms with Gasteiger partial charge in [-0.2, -0.15) is 0 Å². The second-order valence-corrected chi connectivity index (χ2v) is 13.0. The number of aromatic hydroxyl groups is 1. The van der Waals surface area contributed by atoms with E-state index in [2.05, 4.69) is 31.9 Å². The van der Waals surface area contributed by atoms with Crippen LogP contribution in [0.2, 0.25) is 0 Å². The Kier molecular flexibility index (Phi) is 14.7. The number of aliphatic carboxylic acids is 1. The lowest BCUT2D eigenvalue weighted by Crippen LogP contribution is -2.61. The zero-order chi connectivity index (χ0) is 37.9. The fourth-order valence-electron chi connectivity index (χ4n) is 4.77. The van der Waals surface area contributed by atoms with Crippen molar-refractivity contribution < 1.29 is 48.6 Å². The van der Waals surface area contributed by atoms with Crippen LogP contribution < -0.4 is 43.4 Å². The molecule has 7 amide bonds. The second kappa shape index (κ2) is 17.9. The molecule has 1 saturated carbocycles. The number of hydrogen-bond acceptors (Lipinski definition) is 10. The van der Waals surface area contributed by atoms with Crippen molar-refractivity contribution in [1.29, 1.82) is 0 Å². The lowest BCUT2D eigenvalue weighted by molar-refractivity contribution is -0.142. The number of primary amides is 1. The normalized spacial score (nSPS) is 16.1. The summed E-state index contributed by atoms with van der Waals surface area (Å²) in [5.41, 5.74) is 10.3. The standard InChI is InChI=1S/C32H48N8O10/c1-15(2)24(29(48)35-14-22(34)42)39-30(49)25(16(3)4)38-28(47)21(13-23(43)44)37-31(50)32(10-11-32)40-26(45)17(5)36-27(46)20(33)12-18-6-8-19(41)9-7-18/h6-9,15-17,20-21,24-25,41H,10-14,33H2,1-5H3,(H2,34,42)(H,35,48)(H,36,46)(H,37,50)(H,38,47)(H,39,49)(H,40,45)(H,43,44)/t17-,20+,21+,24+,25+/m1/s1. The first kappa shape index (κ1) is 40.9. The quantitative estimate of drug-likeness (QED) is 0.0704. The van der Waals surface area contributed by atoms with E-state index in [4.69, 9.17) is 11.5 Å². The molecule has 0 bridgehead atoms. The van der Waals surface area contributed by atoms with Gasteiger partial charge in [0.1, 0.15) is 35.5 Å². The molecular weight excluding hydrogens is 656 g/mol. The summed E-state index contributed by atoms with van der Waals surface area (Å²) in [4.78, 5) is 101. The summed E-state index contributed by atoms with van der Waals surface area (Å²) in [6.45, 7) is 7.42. The van der Waals surface area contributed by atoms with E-state index in [9.17, 15) is 48.6 Å². The number of carbonyl (C=O) groups is 8. The van der Waals surface area contributed by atoms with Gasteiger partial charge in [0.25, 0.3) is 0 Å². The van der Waals surface area contributed by atoms with Crippen LogP contribution in [0.4, 0.5) is 0 Å². The Morgan fingerprint density at radius 1 is 0.760 bits per heavy atom. The van der Waals surface area contributed by atoms with Gasteiger partial charge in [0.2, 0.25) is 41.4 Å². The minimum Gasteiger partial charge on any atom is -0.508 e. The Bertz CT molecular complexity index is 1440. The monoisotopic (exact) mass is 704 g/mol. The van der Waals surface area contributed by atoms with Gasteiger partial charge >= 0.3 is 5.97 Å². The molecule has 1 aromatic rings. The molecule has 18 nitrogen and oxygen atoms in total. The van der Waals surface area contributed by atoms with Gasteiger partial charge in [0, 0.05) is 0 Å². The summed E-state index contributed by atoms with van der Waals surface area (Å²) < 4.78 is 0. The molecule has 0 saturated heterocycles. The van der Waals surface area contributed by atoms with Gasteiger partial charge in [0.15, 0.2) is 0 Å². The summed E-state index contributed by atoms with van der Waals surface area (Å²) in [6.07, 6.45) is -0.399. The van der Waals surface area contributed by atoms with Gasteiger partial charge in [-0.3, -0.25) is 38.4 Å². The maximum Gasteiger partial charge on any atom is 0.305 e. The van der Waals surface area contributed by atoms with Crippen LogP contribution in [0, 0.1) is 11.8 Å². The number of phenols is 1. The van der Waals surface area contributed by atoms with Crippen LogP contribution in [0.1, 0.15) is 59.4 Å². The maximum absolute atomic E-state index is 13.3. The summed E-state index contributed by atoms with van der Waals surface area (Å²) in [5.74, 6) is -7.81. The van der Waals surface area contributed by atoms with Gasteiger partial charge in [0.05, 0.1) is 19.0 Å². The highest BCUT2D eigenvalue weighted by molar-refractivity contribution is 6.00. The largest absolute Gasteiger partial charge is 0.508 e. The molecule has 1 aromatic carbocycles. The van der Waals surface area contributed by atoms with Gasteiger partial charge in [-0.15, -0.1) is 0 Å². The Hall–Kier alpha value is -5.26. The minimum absolute atomic E-state index is 0.0511. The molecule has 1 aliphatic carbocycles. The van der Waals surface area contributed by atoms with Crippen LogP contribution in [0.15, 0.2) is 24.3 Å². The molecule has 50 heavy (non-hydrogen) atoms. The van der Waals surface area contributed by atoms with Crippen LogP contribution in [0.3, 0.4) is 0 Å². The molecule has 0 aliphatic heterocycles. The molecule has 18 heteroatoms. The third kappa shape index (κ3) is 12.3. The van der Waals surface area contributed by atoms with Crippen LogP contribution in [-0.2, 0) is 44.8 Å². The van der Waals surface area contributed by atoms with Crippen molar-refractivity contribution >= 4 is 47.3 Å². The lowest BCUT2D eigenvalue weighted by atomic mass is 9.99. The van der Waals surface area contributed by atoms with E-state index < -0.39 is 108 Å². The summed E-state index contributed by atoms with van der Waals surface area (Å²) in [7, 11) is 0. The lowest BCUT2D eigenvalue weighted by Gasteiger charge is -2.28. The number of carboxylic acid groups (broad SMARTS) is 1. The number of benzene rings is 1. The molecule has 2 rings (SSSR count). The molecule has 0 aromatic heterocycles. The second-order valence-electron chi connectivity index (χ2n) is 13.0. The van der Waals surface area contributed by atoms with Crippen molar-refractivity contribution in [3.8, 4) is 5.75 Å². The maximum atomic E-state index is 13.3. The first-order chi connectivity index (χ1) is 23.3. The van der Waals surface area contributed by atoms with E-state index in [1.54, 1.807) is 39.8 Å². The molecule has 5 atom stereocenters.